The van der Waals surface area contributed by atoms with E-state index in [0.717, 1.165) is 25.0 Å². The van der Waals surface area contributed by atoms with Crippen LogP contribution in [0.1, 0.15) is 31.7 Å². The highest BCUT2D eigenvalue weighted by Crippen LogP contribution is 2.25. The van der Waals surface area contributed by atoms with E-state index in [1.807, 2.05) is 25.1 Å². The van der Waals surface area contributed by atoms with E-state index in [2.05, 4.69) is 17.4 Å². The molecule has 3 nitrogen and oxygen atoms in total. The summed E-state index contributed by atoms with van der Waals surface area (Å²) >= 11 is 1.65. The Morgan fingerprint density at radius 2 is 2.15 bits per heavy atom. The van der Waals surface area contributed by atoms with Gasteiger partial charge in [-0.15, -0.1) is 11.8 Å². The molecule has 1 fully saturated rings. The fraction of sp³-hybridized carbons (Fsp3) is 0.562. The number of thioether (sulfide) groups is 1. The maximum absolute atomic E-state index is 12.0. The molecule has 1 saturated carbocycles. The number of carbonyl (C=O) groups is 1. The highest BCUT2D eigenvalue weighted by Gasteiger charge is 2.26. The van der Waals surface area contributed by atoms with Gasteiger partial charge in [-0.1, -0.05) is 36.8 Å². The summed E-state index contributed by atoms with van der Waals surface area (Å²) in [5, 5.41) is 12.6. The fourth-order valence-electron chi connectivity index (χ4n) is 2.50. The van der Waals surface area contributed by atoms with Gasteiger partial charge in [-0.3, -0.25) is 4.79 Å². The van der Waals surface area contributed by atoms with Crippen LogP contribution < -0.4 is 5.32 Å². The molecule has 3 unspecified atom stereocenters. The molecule has 0 aliphatic heterocycles. The number of carbonyl (C=O) groups excluding carboxylic acids is 1. The van der Waals surface area contributed by atoms with Crippen molar-refractivity contribution >= 4 is 17.7 Å². The SMILES string of the molecule is CC(SCc1ccccc1)C(=O)NCC1CCCC1O. The van der Waals surface area contributed by atoms with Crippen LogP contribution >= 0.6 is 11.8 Å². The van der Waals surface area contributed by atoms with Crippen LogP contribution in [-0.2, 0) is 10.5 Å². The van der Waals surface area contributed by atoms with Crippen LogP contribution in [-0.4, -0.2) is 28.9 Å². The van der Waals surface area contributed by atoms with E-state index >= 15 is 0 Å². The first kappa shape index (κ1) is 15.4. The number of hydrogen-bond acceptors (Lipinski definition) is 3. The molecule has 2 N–H and O–H groups in total. The van der Waals surface area contributed by atoms with Crippen LogP contribution in [0.5, 0.6) is 0 Å². The van der Waals surface area contributed by atoms with E-state index in [4.69, 9.17) is 0 Å². The van der Waals surface area contributed by atoms with Gasteiger partial charge in [0, 0.05) is 18.2 Å². The summed E-state index contributed by atoms with van der Waals surface area (Å²) in [5.74, 6) is 1.16. The summed E-state index contributed by atoms with van der Waals surface area (Å²) in [6, 6.07) is 10.2. The van der Waals surface area contributed by atoms with Crippen LogP contribution in [0, 0.1) is 5.92 Å². The largest absolute Gasteiger partial charge is 0.393 e. The topological polar surface area (TPSA) is 49.3 Å². The summed E-state index contributed by atoms with van der Waals surface area (Å²) in [6.45, 7) is 2.55. The maximum Gasteiger partial charge on any atom is 0.232 e. The lowest BCUT2D eigenvalue weighted by Gasteiger charge is -2.17. The van der Waals surface area contributed by atoms with Crippen molar-refractivity contribution in [2.24, 2.45) is 5.92 Å². The third kappa shape index (κ3) is 4.53. The van der Waals surface area contributed by atoms with Crippen molar-refractivity contribution in [1.82, 2.24) is 5.32 Å². The molecular weight excluding hydrogens is 270 g/mol. The lowest BCUT2D eigenvalue weighted by Crippen LogP contribution is -2.36. The van der Waals surface area contributed by atoms with E-state index in [1.165, 1.54) is 5.56 Å². The molecule has 1 aliphatic rings. The second kappa shape index (κ2) is 7.70. The van der Waals surface area contributed by atoms with Gasteiger partial charge in [-0.05, 0) is 25.3 Å². The summed E-state index contributed by atoms with van der Waals surface area (Å²) in [7, 11) is 0. The zero-order chi connectivity index (χ0) is 14.4. The van der Waals surface area contributed by atoms with E-state index in [-0.39, 0.29) is 23.2 Å². The standard InChI is InChI=1S/C16H23NO2S/c1-12(20-11-13-6-3-2-4-7-13)16(19)17-10-14-8-5-9-15(14)18/h2-4,6-7,12,14-15,18H,5,8-11H2,1H3,(H,17,19). The Bertz CT molecular complexity index is 424. The molecule has 1 aromatic carbocycles. The molecule has 4 heteroatoms. The minimum atomic E-state index is -0.234. The first-order valence-corrected chi connectivity index (χ1v) is 8.33. The predicted octanol–water partition coefficient (Wildman–Crippen LogP) is 2.59. The van der Waals surface area contributed by atoms with Gasteiger partial charge in [0.15, 0.2) is 0 Å². The van der Waals surface area contributed by atoms with Gasteiger partial charge in [-0.2, -0.15) is 0 Å². The normalized spacial score (nSPS) is 23.5. The molecule has 0 bridgehead atoms. The quantitative estimate of drug-likeness (QED) is 0.847. The van der Waals surface area contributed by atoms with Crippen molar-refractivity contribution < 1.29 is 9.90 Å². The Balaban J connectivity index is 1.69. The maximum atomic E-state index is 12.0. The van der Waals surface area contributed by atoms with E-state index < -0.39 is 0 Å². The van der Waals surface area contributed by atoms with Crippen molar-refractivity contribution in [1.29, 1.82) is 0 Å². The highest BCUT2D eigenvalue weighted by atomic mass is 32.2. The number of benzene rings is 1. The molecule has 0 aromatic heterocycles. The Labute approximate surface area is 125 Å². The molecule has 110 valence electrons. The molecule has 0 radical (unpaired) electrons. The minimum absolute atomic E-state index is 0.0613. The van der Waals surface area contributed by atoms with E-state index in [1.54, 1.807) is 11.8 Å². The Morgan fingerprint density at radius 3 is 2.80 bits per heavy atom. The Kier molecular flexibility index (Phi) is 5.92. The number of aliphatic hydroxyl groups is 1. The van der Waals surface area contributed by atoms with Crippen molar-refractivity contribution in [2.45, 2.75) is 43.3 Å². The minimum Gasteiger partial charge on any atom is -0.393 e. The predicted molar refractivity (Wildman–Crippen MR) is 83.6 cm³/mol. The first-order chi connectivity index (χ1) is 9.66. The van der Waals surface area contributed by atoms with Crippen LogP contribution in [0.4, 0.5) is 0 Å². The number of hydrogen-bond donors (Lipinski definition) is 2. The van der Waals surface area contributed by atoms with Gasteiger partial charge >= 0.3 is 0 Å². The fourth-order valence-corrected chi connectivity index (χ4v) is 3.37. The first-order valence-electron chi connectivity index (χ1n) is 7.28. The van der Waals surface area contributed by atoms with Crippen LogP contribution in [0.15, 0.2) is 30.3 Å². The molecule has 20 heavy (non-hydrogen) atoms. The lowest BCUT2D eigenvalue weighted by molar-refractivity contribution is -0.120. The van der Waals surface area contributed by atoms with E-state index in [9.17, 15) is 9.90 Å². The van der Waals surface area contributed by atoms with Crippen molar-refractivity contribution in [3.8, 4) is 0 Å². The van der Waals surface area contributed by atoms with Crippen LogP contribution in [0.3, 0.4) is 0 Å². The zero-order valence-electron chi connectivity index (χ0n) is 11.9. The molecule has 0 heterocycles. The Hall–Kier alpha value is -1.00. The molecule has 0 saturated heterocycles. The second-order valence-electron chi connectivity index (χ2n) is 5.44. The van der Waals surface area contributed by atoms with Gasteiger partial charge in [0.05, 0.1) is 11.4 Å². The lowest BCUT2D eigenvalue weighted by atomic mass is 10.1. The molecular formula is C16H23NO2S. The molecule has 0 spiro atoms. The highest BCUT2D eigenvalue weighted by molar-refractivity contribution is 7.99. The Morgan fingerprint density at radius 1 is 1.40 bits per heavy atom. The summed E-state index contributed by atoms with van der Waals surface area (Å²) in [5.41, 5.74) is 1.24. The second-order valence-corrected chi connectivity index (χ2v) is 6.77. The average molecular weight is 293 g/mol. The summed E-state index contributed by atoms with van der Waals surface area (Å²) in [6.07, 6.45) is 2.73. The van der Waals surface area contributed by atoms with Gasteiger partial charge in [0.25, 0.3) is 0 Å². The van der Waals surface area contributed by atoms with Gasteiger partial charge in [0.2, 0.25) is 5.91 Å². The third-order valence-corrected chi connectivity index (χ3v) is 5.08. The number of nitrogens with one attached hydrogen (secondary N) is 1. The van der Waals surface area contributed by atoms with Gasteiger partial charge in [-0.25, -0.2) is 0 Å². The third-order valence-electron chi connectivity index (χ3n) is 3.87. The number of aliphatic hydroxyl groups excluding tert-OH is 1. The monoisotopic (exact) mass is 293 g/mol. The summed E-state index contributed by atoms with van der Waals surface area (Å²) < 4.78 is 0. The van der Waals surface area contributed by atoms with Gasteiger partial charge in [0.1, 0.15) is 0 Å². The van der Waals surface area contributed by atoms with Crippen molar-refractivity contribution in [2.75, 3.05) is 6.54 Å². The summed E-state index contributed by atoms with van der Waals surface area (Å²) in [4.78, 5) is 12.0. The number of rotatable bonds is 6. The van der Waals surface area contributed by atoms with E-state index in [0.29, 0.717) is 6.54 Å². The van der Waals surface area contributed by atoms with Crippen molar-refractivity contribution in [3.63, 3.8) is 0 Å². The molecule has 1 aromatic rings. The molecule has 1 aliphatic carbocycles. The molecule has 3 atom stereocenters. The zero-order valence-corrected chi connectivity index (χ0v) is 12.7. The van der Waals surface area contributed by atoms with Crippen LogP contribution in [0.25, 0.3) is 0 Å². The van der Waals surface area contributed by atoms with Gasteiger partial charge < -0.3 is 10.4 Å². The van der Waals surface area contributed by atoms with Crippen molar-refractivity contribution in [3.05, 3.63) is 35.9 Å². The smallest absolute Gasteiger partial charge is 0.232 e. The molecule has 2 rings (SSSR count). The van der Waals surface area contributed by atoms with Crippen LogP contribution in [0.2, 0.25) is 0 Å². The average Bonchev–Trinajstić information content (AvgIpc) is 2.88. The number of amides is 1. The molecule has 1 amide bonds.